The average Bonchev–Trinajstić information content (AvgIpc) is 3.20. The summed E-state index contributed by atoms with van der Waals surface area (Å²) in [4.78, 5) is 17.6. The van der Waals surface area contributed by atoms with Crippen LogP contribution in [-0.4, -0.2) is 30.9 Å². The van der Waals surface area contributed by atoms with Crippen molar-refractivity contribution in [3.05, 3.63) is 29.1 Å². The summed E-state index contributed by atoms with van der Waals surface area (Å²) < 4.78 is 1.96. The Morgan fingerprint density at radius 2 is 2.38 bits per heavy atom. The summed E-state index contributed by atoms with van der Waals surface area (Å²) in [6.07, 6.45) is 6.47. The molecular formula is C17H24N6O. The summed E-state index contributed by atoms with van der Waals surface area (Å²) in [5, 5.41) is 14.9. The summed E-state index contributed by atoms with van der Waals surface area (Å²) in [6, 6.07) is -0.0392. The Balaban J connectivity index is 1.55. The van der Waals surface area contributed by atoms with Crippen LogP contribution in [-0.2, 0) is 24.2 Å². The molecule has 2 N–H and O–H groups in total. The number of nitrogens with one attached hydrogen (secondary N) is 2. The largest absolute Gasteiger partial charge is 0.346 e. The van der Waals surface area contributed by atoms with Crippen LogP contribution >= 0.6 is 0 Å². The molecule has 0 aromatic carbocycles. The Morgan fingerprint density at radius 3 is 3.21 bits per heavy atom. The zero-order valence-corrected chi connectivity index (χ0v) is 14.2. The normalized spacial score (nSPS) is 25.8. The molecule has 1 amide bonds. The molecule has 24 heavy (non-hydrogen) atoms. The number of aryl methyl sites for hydroxylation is 2. The van der Waals surface area contributed by atoms with Crippen molar-refractivity contribution >= 4 is 5.91 Å². The smallest absolute Gasteiger partial charge is 0.229 e. The molecule has 3 heterocycles. The van der Waals surface area contributed by atoms with E-state index < -0.39 is 0 Å². The van der Waals surface area contributed by atoms with Crippen LogP contribution in [0.25, 0.3) is 0 Å². The lowest BCUT2D eigenvalue weighted by Gasteiger charge is -2.29. The Hall–Kier alpha value is -2.18. The molecule has 0 saturated carbocycles. The number of carbonyl (C=O) groups excluding carboxylic acids is 1. The number of nitrogens with zero attached hydrogens (tertiary/aromatic N) is 4. The number of H-pyrrole nitrogens is 1. The van der Waals surface area contributed by atoms with Crippen LogP contribution in [0.3, 0.4) is 0 Å². The summed E-state index contributed by atoms with van der Waals surface area (Å²) in [6.45, 7) is 5.14. The fourth-order valence-electron chi connectivity index (χ4n) is 3.96. The van der Waals surface area contributed by atoms with Crippen LogP contribution in [0.5, 0.6) is 0 Å². The molecule has 1 aliphatic heterocycles. The van der Waals surface area contributed by atoms with Gasteiger partial charge in [-0.05, 0) is 37.2 Å². The molecule has 128 valence electrons. The topological polar surface area (TPSA) is 88.5 Å². The van der Waals surface area contributed by atoms with E-state index >= 15 is 0 Å². The van der Waals surface area contributed by atoms with Crippen molar-refractivity contribution in [1.82, 2.24) is 30.3 Å². The molecule has 0 radical (unpaired) electrons. The SMILES string of the molecule is CCc1nc2n(n1)CCC[C@@H]2NC(=O)[C@@H]1C[C@@H](C)Cc2cn[nH]c21. The van der Waals surface area contributed by atoms with Crippen molar-refractivity contribution in [2.24, 2.45) is 5.92 Å². The maximum atomic E-state index is 12.9. The number of aromatic nitrogens is 5. The Labute approximate surface area is 141 Å². The minimum Gasteiger partial charge on any atom is -0.346 e. The van der Waals surface area contributed by atoms with Crippen LogP contribution in [0, 0.1) is 5.92 Å². The first kappa shape index (κ1) is 15.4. The Bertz CT molecular complexity index is 748. The van der Waals surface area contributed by atoms with Gasteiger partial charge in [-0.3, -0.25) is 9.89 Å². The van der Waals surface area contributed by atoms with E-state index in [1.54, 1.807) is 0 Å². The summed E-state index contributed by atoms with van der Waals surface area (Å²) >= 11 is 0. The molecule has 7 heteroatoms. The lowest BCUT2D eigenvalue weighted by atomic mass is 9.81. The number of hydrogen-bond acceptors (Lipinski definition) is 4. The zero-order chi connectivity index (χ0) is 16.7. The van der Waals surface area contributed by atoms with Gasteiger partial charge in [0.05, 0.1) is 23.9 Å². The third-order valence-electron chi connectivity index (χ3n) is 5.17. The number of amides is 1. The van der Waals surface area contributed by atoms with Crippen LogP contribution in [0.2, 0.25) is 0 Å². The van der Waals surface area contributed by atoms with E-state index in [1.165, 1.54) is 5.56 Å². The number of hydrogen-bond donors (Lipinski definition) is 2. The van der Waals surface area contributed by atoms with Gasteiger partial charge in [0.1, 0.15) is 5.82 Å². The van der Waals surface area contributed by atoms with Gasteiger partial charge >= 0.3 is 0 Å². The summed E-state index contributed by atoms with van der Waals surface area (Å²) in [5.74, 6) is 2.18. The Morgan fingerprint density at radius 1 is 1.50 bits per heavy atom. The second-order valence-corrected chi connectivity index (χ2v) is 7.07. The second kappa shape index (κ2) is 6.03. The van der Waals surface area contributed by atoms with Gasteiger partial charge in [-0.25, -0.2) is 9.67 Å². The zero-order valence-electron chi connectivity index (χ0n) is 14.2. The van der Waals surface area contributed by atoms with Crippen LogP contribution in [0.15, 0.2) is 6.20 Å². The average molecular weight is 328 g/mol. The van der Waals surface area contributed by atoms with Crippen molar-refractivity contribution in [2.45, 2.75) is 64.5 Å². The molecule has 2 aromatic heterocycles. The Kier molecular flexibility index (Phi) is 3.86. The highest BCUT2D eigenvalue weighted by atomic mass is 16.2. The predicted molar refractivity (Wildman–Crippen MR) is 88.3 cm³/mol. The fraction of sp³-hybridized carbons (Fsp3) is 0.647. The minimum absolute atomic E-state index is 0.0392. The van der Waals surface area contributed by atoms with Crippen molar-refractivity contribution in [2.75, 3.05) is 0 Å². The number of carbonyl (C=O) groups is 1. The van der Waals surface area contributed by atoms with E-state index in [-0.39, 0.29) is 17.9 Å². The molecule has 0 fully saturated rings. The van der Waals surface area contributed by atoms with E-state index in [0.29, 0.717) is 5.92 Å². The highest BCUT2D eigenvalue weighted by molar-refractivity contribution is 5.84. The number of fused-ring (bicyclic) bond motifs is 2. The molecule has 0 bridgehead atoms. The van der Waals surface area contributed by atoms with Gasteiger partial charge in [-0.2, -0.15) is 10.2 Å². The molecule has 3 atom stereocenters. The van der Waals surface area contributed by atoms with Gasteiger partial charge in [0.25, 0.3) is 0 Å². The fourth-order valence-corrected chi connectivity index (χ4v) is 3.96. The molecular weight excluding hydrogens is 304 g/mol. The second-order valence-electron chi connectivity index (χ2n) is 7.07. The van der Waals surface area contributed by atoms with Crippen molar-refractivity contribution in [1.29, 1.82) is 0 Å². The monoisotopic (exact) mass is 328 g/mol. The highest BCUT2D eigenvalue weighted by Gasteiger charge is 2.34. The predicted octanol–water partition coefficient (Wildman–Crippen LogP) is 1.88. The minimum atomic E-state index is -0.143. The lowest BCUT2D eigenvalue weighted by Crippen LogP contribution is -2.38. The standard InChI is InChI=1S/C17H24N6O/c1-3-14-20-16-13(5-4-6-23(16)22-14)19-17(24)12-8-10(2)7-11-9-18-21-15(11)12/h9-10,12-13H,3-8H2,1-2H3,(H,18,21)(H,19,24)/t10-,12+,13-/m0/s1. The highest BCUT2D eigenvalue weighted by Crippen LogP contribution is 2.34. The summed E-state index contributed by atoms with van der Waals surface area (Å²) in [7, 11) is 0. The number of rotatable bonds is 3. The molecule has 4 rings (SSSR count). The first-order chi connectivity index (χ1) is 11.7. The van der Waals surface area contributed by atoms with E-state index in [4.69, 9.17) is 0 Å². The van der Waals surface area contributed by atoms with Crippen molar-refractivity contribution in [3.8, 4) is 0 Å². The maximum absolute atomic E-state index is 12.9. The van der Waals surface area contributed by atoms with Gasteiger partial charge in [0.2, 0.25) is 5.91 Å². The van der Waals surface area contributed by atoms with Crippen LogP contribution in [0.1, 0.15) is 68.0 Å². The van der Waals surface area contributed by atoms with E-state index in [0.717, 1.165) is 56.0 Å². The van der Waals surface area contributed by atoms with Gasteiger partial charge in [-0.1, -0.05) is 13.8 Å². The van der Waals surface area contributed by atoms with Crippen molar-refractivity contribution < 1.29 is 4.79 Å². The van der Waals surface area contributed by atoms with Gasteiger partial charge in [-0.15, -0.1) is 0 Å². The van der Waals surface area contributed by atoms with Gasteiger partial charge in [0, 0.05) is 13.0 Å². The van der Waals surface area contributed by atoms with E-state index in [1.807, 2.05) is 10.9 Å². The molecule has 2 aliphatic rings. The van der Waals surface area contributed by atoms with E-state index in [2.05, 4.69) is 39.4 Å². The molecule has 0 spiro atoms. The van der Waals surface area contributed by atoms with E-state index in [9.17, 15) is 4.79 Å². The van der Waals surface area contributed by atoms with Crippen LogP contribution in [0.4, 0.5) is 0 Å². The third kappa shape index (κ3) is 2.61. The van der Waals surface area contributed by atoms with Gasteiger partial charge in [0.15, 0.2) is 5.82 Å². The third-order valence-corrected chi connectivity index (χ3v) is 5.17. The van der Waals surface area contributed by atoms with Crippen molar-refractivity contribution in [3.63, 3.8) is 0 Å². The van der Waals surface area contributed by atoms with Crippen LogP contribution < -0.4 is 5.32 Å². The van der Waals surface area contributed by atoms with Gasteiger partial charge < -0.3 is 5.32 Å². The lowest BCUT2D eigenvalue weighted by molar-refractivity contribution is -0.124. The maximum Gasteiger partial charge on any atom is 0.229 e. The number of aromatic amines is 1. The first-order valence-corrected chi connectivity index (χ1v) is 8.91. The molecule has 7 nitrogen and oxygen atoms in total. The molecule has 0 saturated heterocycles. The molecule has 1 aliphatic carbocycles. The molecule has 2 aromatic rings. The summed E-state index contributed by atoms with van der Waals surface area (Å²) in [5.41, 5.74) is 2.16. The first-order valence-electron chi connectivity index (χ1n) is 8.91. The quantitative estimate of drug-likeness (QED) is 0.900. The molecule has 0 unspecified atom stereocenters.